The molecule has 26 heavy (non-hydrogen) atoms. The Balaban J connectivity index is 1.81. The van der Waals surface area contributed by atoms with Crippen LogP contribution >= 0.6 is 11.8 Å². The van der Waals surface area contributed by atoms with Gasteiger partial charge in [0.2, 0.25) is 0 Å². The zero-order chi connectivity index (χ0) is 18.6. The van der Waals surface area contributed by atoms with E-state index in [-0.39, 0.29) is 22.5 Å². The molecular weight excluding hydrogens is 372 g/mol. The number of benzene rings is 2. The van der Waals surface area contributed by atoms with Gasteiger partial charge in [0, 0.05) is 11.8 Å². The first-order valence-corrected chi connectivity index (χ1v) is 10.8. The van der Waals surface area contributed by atoms with E-state index in [1.807, 2.05) is 0 Å². The van der Waals surface area contributed by atoms with Crippen LogP contribution in [0.5, 0.6) is 5.75 Å². The van der Waals surface area contributed by atoms with Gasteiger partial charge in [-0.25, -0.2) is 8.42 Å². The lowest BCUT2D eigenvalue weighted by molar-refractivity contribution is 0.0942. The standard InChI is InChI=1S/C18H20N2O4S2/c1-24-14-6-8-15(9-7-14)26(22,23)20-17-5-3-2-4-16(17)18(21)19-13-10-11-25-12-13/h2-9,13,20H,10-12H2,1H3,(H,19,21). The molecule has 0 saturated carbocycles. The molecular formula is C18H20N2O4S2. The van der Waals surface area contributed by atoms with Crippen LogP contribution in [0.4, 0.5) is 5.69 Å². The fourth-order valence-electron chi connectivity index (χ4n) is 2.64. The number of thioether (sulfide) groups is 1. The monoisotopic (exact) mass is 392 g/mol. The topological polar surface area (TPSA) is 84.5 Å². The SMILES string of the molecule is COc1ccc(S(=O)(=O)Nc2ccccc2C(=O)NC2CCSC2)cc1. The Morgan fingerprint density at radius 2 is 1.88 bits per heavy atom. The molecule has 138 valence electrons. The molecule has 1 aliphatic rings. The minimum absolute atomic E-state index is 0.0979. The average Bonchev–Trinajstić information content (AvgIpc) is 3.15. The lowest BCUT2D eigenvalue weighted by Crippen LogP contribution is -2.35. The number of amides is 1. The average molecular weight is 393 g/mol. The fourth-order valence-corrected chi connectivity index (χ4v) is 4.87. The lowest BCUT2D eigenvalue weighted by Gasteiger charge is -2.15. The Morgan fingerprint density at radius 1 is 1.15 bits per heavy atom. The molecule has 2 N–H and O–H groups in total. The normalized spacial score (nSPS) is 16.9. The summed E-state index contributed by atoms with van der Waals surface area (Å²) in [5.74, 6) is 2.20. The second kappa shape index (κ2) is 8.01. The first-order chi connectivity index (χ1) is 12.5. The smallest absolute Gasteiger partial charge is 0.261 e. The van der Waals surface area contributed by atoms with Crippen molar-refractivity contribution in [3.63, 3.8) is 0 Å². The number of hydrogen-bond donors (Lipinski definition) is 2. The van der Waals surface area contributed by atoms with Crippen LogP contribution in [0, 0.1) is 0 Å². The summed E-state index contributed by atoms with van der Waals surface area (Å²) < 4.78 is 32.8. The van der Waals surface area contributed by atoms with Crippen LogP contribution in [0.15, 0.2) is 53.4 Å². The predicted molar refractivity (Wildman–Crippen MR) is 103 cm³/mol. The molecule has 0 spiro atoms. The van der Waals surface area contributed by atoms with Crippen LogP contribution in [-0.4, -0.2) is 39.0 Å². The quantitative estimate of drug-likeness (QED) is 0.790. The van der Waals surface area contributed by atoms with Crippen molar-refractivity contribution in [2.45, 2.75) is 17.4 Å². The first-order valence-electron chi connectivity index (χ1n) is 8.14. The van der Waals surface area contributed by atoms with Crippen LogP contribution in [0.2, 0.25) is 0 Å². The number of methoxy groups -OCH3 is 1. The number of ether oxygens (including phenoxy) is 1. The molecule has 1 unspecified atom stereocenters. The summed E-state index contributed by atoms with van der Waals surface area (Å²) in [6, 6.07) is 12.8. The number of carbonyl (C=O) groups is 1. The number of carbonyl (C=O) groups excluding carboxylic acids is 1. The minimum Gasteiger partial charge on any atom is -0.497 e. The summed E-state index contributed by atoms with van der Waals surface area (Å²) in [5.41, 5.74) is 0.563. The maximum atomic E-state index is 12.6. The third kappa shape index (κ3) is 4.31. The largest absolute Gasteiger partial charge is 0.497 e. The highest BCUT2D eigenvalue weighted by Crippen LogP contribution is 2.23. The molecule has 6 nitrogen and oxygen atoms in total. The van der Waals surface area contributed by atoms with Crippen LogP contribution in [0.25, 0.3) is 0 Å². The number of sulfonamides is 1. The minimum atomic E-state index is -3.81. The summed E-state index contributed by atoms with van der Waals surface area (Å²) in [4.78, 5) is 12.7. The molecule has 3 rings (SSSR count). The van der Waals surface area contributed by atoms with Crippen LogP contribution in [0.3, 0.4) is 0 Å². The van der Waals surface area contributed by atoms with Gasteiger partial charge in [-0.1, -0.05) is 12.1 Å². The van der Waals surface area contributed by atoms with Gasteiger partial charge in [0.15, 0.2) is 0 Å². The van der Waals surface area contributed by atoms with Crippen molar-refractivity contribution in [2.24, 2.45) is 0 Å². The molecule has 1 atom stereocenters. The van der Waals surface area contributed by atoms with Crippen molar-refractivity contribution < 1.29 is 17.9 Å². The molecule has 0 radical (unpaired) electrons. The molecule has 2 aromatic rings. The number of nitrogens with one attached hydrogen (secondary N) is 2. The molecule has 1 heterocycles. The lowest BCUT2D eigenvalue weighted by atomic mass is 10.1. The summed E-state index contributed by atoms with van der Waals surface area (Å²) in [7, 11) is -2.30. The van der Waals surface area contributed by atoms with Crippen molar-refractivity contribution >= 4 is 33.4 Å². The molecule has 1 saturated heterocycles. The second-order valence-corrected chi connectivity index (χ2v) is 8.69. The van der Waals surface area contributed by atoms with E-state index in [9.17, 15) is 13.2 Å². The van der Waals surface area contributed by atoms with Gasteiger partial charge in [-0.05, 0) is 48.6 Å². The molecule has 1 fully saturated rings. The Labute approximate surface area is 157 Å². The molecule has 8 heteroatoms. The molecule has 2 aromatic carbocycles. The number of hydrogen-bond acceptors (Lipinski definition) is 5. The van der Waals surface area contributed by atoms with Crippen LogP contribution in [0.1, 0.15) is 16.8 Å². The van der Waals surface area contributed by atoms with Crippen molar-refractivity contribution in [3.8, 4) is 5.75 Å². The Morgan fingerprint density at radius 3 is 2.54 bits per heavy atom. The van der Waals surface area contributed by atoms with E-state index in [0.29, 0.717) is 11.3 Å². The summed E-state index contributed by atoms with van der Waals surface area (Å²) in [5, 5.41) is 2.97. The van der Waals surface area contributed by atoms with E-state index in [2.05, 4.69) is 10.0 Å². The van der Waals surface area contributed by atoms with Gasteiger partial charge in [0.05, 0.1) is 23.3 Å². The number of rotatable bonds is 6. The molecule has 0 aliphatic carbocycles. The second-order valence-electron chi connectivity index (χ2n) is 5.86. The van der Waals surface area contributed by atoms with Crippen molar-refractivity contribution in [1.29, 1.82) is 0 Å². The van der Waals surface area contributed by atoms with Crippen molar-refractivity contribution in [1.82, 2.24) is 5.32 Å². The van der Waals surface area contributed by atoms with E-state index >= 15 is 0 Å². The van der Waals surface area contributed by atoms with Crippen LogP contribution < -0.4 is 14.8 Å². The Hall–Kier alpha value is -2.19. The third-order valence-corrected chi connectivity index (χ3v) is 6.59. The number of para-hydroxylation sites is 1. The fraction of sp³-hybridized carbons (Fsp3) is 0.278. The van der Waals surface area contributed by atoms with Gasteiger partial charge in [0.25, 0.3) is 15.9 Å². The third-order valence-electron chi connectivity index (χ3n) is 4.05. The highest BCUT2D eigenvalue weighted by atomic mass is 32.2. The highest BCUT2D eigenvalue weighted by molar-refractivity contribution is 7.99. The van der Waals surface area contributed by atoms with Crippen molar-refractivity contribution in [3.05, 3.63) is 54.1 Å². The Bertz CT molecular complexity index is 876. The van der Waals surface area contributed by atoms with Gasteiger partial charge in [-0.2, -0.15) is 11.8 Å². The molecule has 0 aromatic heterocycles. The maximum absolute atomic E-state index is 12.6. The van der Waals surface area contributed by atoms with E-state index in [1.54, 1.807) is 48.2 Å². The van der Waals surface area contributed by atoms with Gasteiger partial charge >= 0.3 is 0 Å². The predicted octanol–water partition coefficient (Wildman–Crippen LogP) is 2.73. The van der Waals surface area contributed by atoms with Crippen LogP contribution in [-0.2, 0) is 10.0 Å². The van der Waals surface area contributed by atoms with Gasteiger partial charge in [0.1, 0.15) is 5.75 Å². The summed E-state index contributed by atoms with van der Waals surface area (Å²) in [6.45, 7) is 0. The highest BCUT2D eigenvalue weighted by Gasteiger charge is 2.22. The van der Waals surface area contributed by atoms with Gasteiger partial charge in [-0.15, -0.1) is 0 Å². The molecule has 1 aliphatic heterocycles. The van der Waals surface area contributed by atoms with E-state index in [0.717, 1.165) is 17.9 Å². The summed E-state index contributed by atoms with van der Waals surface area (Å²) >= 11 is 1.80. The van der Waals surface area contributed by atoms with E-state index in [1.165, 1.54) is 19.2 Å². The summed E-state index contributed by atoms with van der Waals surface area (Å²) in [6.07, 6.45) is 0.927. The number of anilines is 1. The zero-order valence-corrected chi connectivity index (χ0v) is 15.9. The van der Waals surface area contributed by atoms with Gasteiger partial charge < -0.3 is 10.1 Å². The zero-order valence-electron chi connectivity index (χ0n) is 14.3. The van der Waals surface area contributed by atoms with Gasteiger partial charge in [-0.3, -0.25) is 9.52 Å². The molecule has 0 bridgehead atoms. The van der Waals surface area contributed by atoms with E-state index in [4.69, 9.17) is 4.74 Å². The maximum Gasteiger partial charge on any atom is 0.261 e. The van der Waals surface area contributed by atoms with E-state index < -0.39 is 10.0 Å². The Kier molecular flexibility index (Phi) is 5.73. The van der Waals surface area contributed by atoms with Crippen molar-refractivity contribution in [2.75, 3.05) is 23.3 Å². The molecule has 1 amide bonds. The first kappa shape index (κ1) is 18.6.